The molecule has 0 amide bonds. The molecule has 0 saturated heterocycles. The highest BCUT2D eigenvalue weighted by atomic mass is 15.0. The van der Waals surface area contributed by atoms with Crippen LogP contribution >= 0.6 is 0 Å². The lowest BCUT2D eigenvalue weighted by atomic mass is 9.89. The highest BCUT2D eigenvalue weighted by molar-refractivity contribution is 5.98. The molecule has 1 heteroatoms. The molecule has 0 saturated carbocycles. The first-order chi connectivity index (χ1) is 22.7. The molecule has 0 N–H and O–H groups in total. The van der Waals surface area contributed by atoms with Crippen molar-refractivity contribution in [3.63, 3.8) is 0 Å². The zero-order valence-corrected chi connectivity index (χ0v) is 26.5. The number of hydrogen-bond acceptors (Lipinski definition) is 0. The van der Waals surface area contributed by atoms with Crippen LogP contribution in [0.4, 0.5) is 0 Å². The highest BCUT2D eigenvalue weighted by Crippen LogP contribution is 2.39. The first-order valence-electron chi connectivity index (χ1n) is 16.6. The Hall–Kier alpha value is -5.27. The van der Waals surface area contributed by atoms with E-state index < -0.39 is 0 Å². The van der Waals surface area contributed by atoms with Crippen molar-refractivity contribution in [2.45, 2.75) is 32.7 Å². The number of hydrogen-bond donors (Lipinski definition) is 0. The Morgan fingerprint density at radius 2 is 1.15 bits per heavy atom. The van der Waals surface area contributed by atoms with Crippen molar-refractivity contribution < 1.29 is 4.57 Å². The van der Waals surface area contributed by atoms with Gasteiger partial charge in [-0.1, -0.05) is 117 Å². The Balaban J connectivity index is 1.26. The molecule has 1 aromatic heterocycles. The van der Waals surface area contributed by atoms with Gasteiger partial charge in [-0.3, -0.25) is 0 Å². The standard InChI is InChI=1S/C45H38N/c1-3-44-31(2)25-37-23-22-36(30-43(37)45-21-9-10-24-46(44)45)34-17-11-18-35(26-34)39-27-38(32-13-5-4-6-14-32)28-40(29-39)42-20-12-16-33-15-7-8-19-41(33)42/h4-24,26-31,44H,3,25H2,1-2H3/q+1. The molecule has 6 aromatic carbocycles. The highest BCUT2D eigenvalue weighted by Gasteiger charge is 2.32. The van der Waals surface area contributed by atoms with Crippen LogP contribution in [-0.2, 0) is 6.42 Å². The fourth-order valence-electron chi connectivity index (χ4n) is 7.60. The molecular weight excluding hydrogens is 555 g/mol. The van der Waals surface area contributed by atoms with Gasteiger partial charge >= 0.3 is 0 Å². The number of nitrogens with zero attached hydrogens (tertiary/aromatic N) is 1. The number of aromatic nitrogens is 1. The third-order valence-corrected chi connectivity index (χ3v) is 9.92. The van der Waals surface area contributed by atoms with E-state index in [-0.39, 0.29) is 0 Å². The van der Waals surface area contributed by atoms with Crippen molar-refractivity contribution in [2.75, 3.05) is 0 Å². The molecule has 0 radical (unpaired) electrons. The van der Waals surface area contributed by atoms with Crippen LogP contribution in [0.15, 0.2) is 158 Å². The predicted octanol–water partition coefficient (Wildman–Crippen LogP) is 11.6. The molecule has 0 spiro atoms. The van der Waals surface area contributed by atoms with E-state index in [1.54, 1.807) is 0 Å². The summed E-state index contributed by atoms with van der Waals surface area (Å²) >= 11 is 0. The third-order valence-electron chi connectivity index (χ3n) is 9.92. The largest absolute Gasteiger partial charge is 0.213 e. The van der Waals surface area contributed by atoms with Crippen LogP contribution in [0.1, 0.15) is 31.9 Å². The second-order valence-corrected chi connectivity index (χ2v) is 12.8. The van der Waals surface area contributed by atoms with Gasteiger partial charge in [0.15, 0.2) is 12.2 Å². The van der Waals surface area contributed by atoms with Gasteiger partial charge in [0.25, 0.3) is 0 Å². The summed E-state index contributed by atoms with van der Waals surface area (Å²) in [6, 6.07) is 56.5. The Kier molecular flexibility index (Phi) is 7.31. The molecule has 0 bridgehead atoms. The van der Waals surface area contributed by atoms with E-state index in [0.717, 1.165) is 12.8 Å². The van der Waals surface area contributed by atoms with E-state index in [1.165, 1.54) is 72.1 Å². The predicted molar refractivity (Wildman–Crippen MR) is 194 cm³/mol. The molecular formula is C45H38N+. The minimum atomic E-state index is 0.503. The van der Waals surface area contributed by atoms with Crippen molar-refractivity contribution >= 4 is 10.8 Å². The van der Waals surface area contributed by atoms with Crippen LogP contribution in [-0.4, -0.2) is 0 Å². The lowest BCUT2D eigenvalue weighted by Gasteiger charge is -2.16. The summed E-state index contributed by atoms with van der Waals surface area (Å²) in [6.07, 6.45) is 4.50. The van der Waals surface area contributed by atoms with Gasteiger partial charge in [-0.2, -0.15) is 4.57 Å². The van der Waals surface area contributed by atoms with Gasteiger partial charge in [0.05, 0.1) is 0 Å². The SMILES string of the molecule is CCC1C(C)Cc2ccc(-c3cccc(-c4cc(-c5ccccc5)cc(-c5cccc6ccccc56)c4)c3)cc2-c2cccc[n+]21. The molecule has 2 atom stereocenters. The summed E-state index contributed by atoms with van der Waals surface area (Å²) in [5.74, 6) is 0.583. The fourth-order valence-corrected chi connectivity index (χ4v) is 7.60. The van der Waals surface area contributed by atoms with Crippen molar-refractivity contribution in [3.05, 3.63) is 163 Å². The van der Waals surface area contributed by atoms with E-state index in [1.807, 2.05) is 0 Å². The number of fused-ring (bicyclic) bond motifs is 4. The number of benzene rings is 6. The fraction of sp³-hybridized carbons (Fsp3) is 0.133. The van der Waals surface area contributed by atoms with Crippen LogP contribution < -0.4 is 4.57 Å². The summed E-state index contributed by atoms with van der Waals surface area (Å²) < 4.78 is 2.51. The van der Waals surface area contributed by atoms with E-state index >= 15 is 0 Å². The van der Waals surface area contributed by atoms with Crippen molar-refractivity contribution in [1.29, 1.82) is 0 Å². The van der Waals surface area contributed by atoms with Crippen LogP contribution in [0.25, 0.3) is 66.5 Å². The molecule has 0 aliphatic carbocycles. The smallest absolute Gasteiger partial charge is 0.195 e. The minimum Gasteiger partial charge on any atom is -0.195 e. The van der Waals surface area contributed by atoms with Gasteiger partial charge in [0, 0.05) is 30.0 Å². The maximum absolute atomic E-state index is 2.51. The maximum atomic E-state index is 2.51. The van der Waals surface area contributed by atoms with Gasteiger partial charge in [0.2, 0.25) is 5.69 Å². The number of rotatable bonds is 5. The molecule has 8 rings (SSSR count). The molecule has 0 fully saturated rings. The normalized spacial score (nSPS) is 15.6. The molecule has 222 valence electrons. The Bertz CT molecular complexity index is 2190. The maximum Gasteiger partial charge on any atom is 0.213 e. The van der Waals surface area contributed by atoms with Gasteiger partial charge in [-0.15, -0.1) is 0 Å². The van der Waals surface area contributed by atoms with Gasteiger partial charge in [0.1, 0.15) is 0 Å². The monoisotopic (exact) mass is 592 g/mol. The third kappa shape index (κ3) is 5.12. The van der Waals surface area contributed by atoms with Crippen LogP contribution in [0, 0.1) is 5.92 Å². The van der Waals surface area contributed by atoms with Crippen molar-refractivity contribution in [2.24, 2.45) is 5.92 Å². The minimum absolute atomic E-state index is 0.503. The van der Waals surface area contributed by atoms with Gasteiger partial charge in [-0.05, 0) is 104 Å². The molecule has 46 heavy (non-hydrogen) atoms. The summed E-state index contributed by atoms with van der Waals surface area (Å²) in [5, 5.41) is 2.54. The molecule has 1 aliphatic heterocycles. The van der Waals surface area contributed by atoms with E-state index in [0.29, 0.717) is 12.0 Å². The number of pyridine rings is 1. The van der Waals surface area contributed by atoms with Crippen LogP contribution in [0.3, 0.4) is 0 Å². The molecule has 2 heterocycles. The first-order valence-corrected chi connectivity index (χ1v) is 16.6. The second-order valence-electron chi connectivity index (χ2n) is 12.8. The first kappa shape index (κ1) is 28.2. The average molecular weight is 593 g/mol. The molecule has 1 aliphatic rings. The van der Waals surface area contributed by atoms with Crippen LogP contribution in [0.5, 0.6) is 0 Å². The second kappa shape index (κ2) is 11.9. The van der Waals surface area contributed by atoms with E-state index in [4.69, 9.17) is 0 Å². The lowest BCUT2D eigenvalue weighted by Crippen LogP contribution is -2.43. The average Bonchev–Trinajstić information content (AvgIpc) is 3.24. The van der Waals surface area contributed by atoms with Crippen LogP contribution in [0.2, 0.25) is 0 Å². The van der Waals surface area contributed by atoms with Gasteiger partial charge < -0.3 is 0 Å². The lowest BCUT2D eigenvalue weighted by molar-refractivity contribution is -0.719. The van der Waals surface area contributed by atoms with Crippen molar-refractivity contribution in [3.8, 4) is 55.8 Å². The summed E-state index contributed by atoms with van der Waals surface area (Å²) in [6.45, 7) is 4.72. The van der Waals surface area contributed by atoms with E-state index in [9.17, 15) is 0 Å². The Morgan fingerprint density at radius 3 is 2.00 bits per heavy atom. The summed E-state index contributed by atoms with van der Waals surface area (Å²) in [7, 11) is 0. The Morgan fingerprint density at radius 1 is 0.522 bits per heavy atom. The molecule has 2 unspecified atom stereocenters. The quantitative estimate of drug-likeness (QED) is 0.175. The Labute approximate surface area is 272 Å². The summed E-state index contributed by atoms with van der Waals surface area (Å²) in [5.41, 5.74) is 14.0. The molecule has 7 aromatic rings. The summed E-state index contributed by atoms with van der Waals surface area (Å²) in [4.78, 5) is 0. The van der Waals surface area contributed by atoms with Gasteiger partial charge in [-0.25, -0.2) is 0 Å². The van der Waals surface area contributed by atoms with E-state index in [2.05, 4.69) is 176 Å². The van der Waals surface area contributed by atoms with Crippen molar-refractivity contribution in [1.82, 2.24) is 0 Å². The zero-order valence-electron chi connectivity index (χ0n) is 26.5. The topological polar surface area (TPSA) is 3.88 Å². The molecule has 1 nitrogen and oxygen atoms in total. The zero-order chi connectivity index (χ0) is 31.0.